The van der Waals surface area contributed by atoms with E-state index >= 15 is 0 Å². The van der Waals surface area contributed by atoms with Crippen LogP contribution in [0.5, 0.6) is 0 Å². The molecule has 1 atom stereocenters. The first-order chi connectivity index (χ1) is 22.9. The van der Waals surface area contributed by atoms with E-state index in [0.29, 0.717) is 84.2 Å². The Labute approximate surface area is 283 Å². The molecule has 3 amide bonds. The molecule has 16 nitrogen and oxygen atoms in total. The van der Waals surface area contributed by atoms with Gasteiger partial charge in [-0.2, -0.15) is 0 Å². The molecule has 2 fully saturated rings. The lowest BCUT2D eigenvalue weighted by molar-refractivity contribution is -0.140. The maximum Gasteiger partial charge on any atom is 0.317 e. The van der Waals surface area contributed by atoms with Crippen molar-refractivity contribution in [1.29, 1.82) is 0 Å². The van der Waals surface area contributed by atoms with Gasteiger partial charge < -0.3 is 31.3 Å². The predicted molar refractivity (Wildman–Crippen MR) is 177 cm³/mol. The average molecular weight is 684 g/mol. The number of hydrogen-bond acceptors (Lipinski definition) is 10. The molecule has 1 aliphatic carbocycles. The molecule has 0 spiro atoms. The van der Waals surface area contributed by atoms with Gasteiger partial charge in [-0.1, -0.05) is 13.3 Å². The molecule has 0 aromatic heterocycles. The summed E-state index contributed by atoms with van der Waals surface area (Å²) in [5, 5.41) is 36.8. The lowest BCUT2D eigenvalue weighted by Crippen LogP contribution is -2.49. The van der Waals surface area contributed by atoms with Gasteiger partial charge >= 0.3 is 17.9 Å². The summed E-state index contributed by atoms with van der Waals surface area (Å²) in [7, 11) is 1.66. The first-order valence-corrected chi connectivity index (χ1v) is 17.2. The smallest absolute Gasteiger partial charge is 0.317 e. The van der Waals surface area contributed by atoms with Crippen molar-refractivity contribution in [2.24, 2.45) is 17.8 Å². The van der Waals surface area contributed by atoms with Gasteiger partial charge in [-0.05, 0) is 44.4 Å². The van der Waals surface area contributed by atoms with Crippen molar-refractivity contribution in [2.45, 2.75) is 51.9 Å². The van der Waals surface area contributed by atoms with Crippen molar-refractivity contribution >= 4 is 35.6 Å². The molecule has 1 heterocycles. The first kappa shape index (κ1) is 40.8. The van der Waals surface area contributed by atoms with Gasteiger partial charge in [-0.3, -0.25) is 48.4 Å². The number of nitrogens with one attached hydrogen (secondary N) is 3. The maximum atomic E-state index is 12.8. The summed E-state index contributed by atoms with van der Waals surface area (Å²) in [6.07, 6.45) is 5.72. The van der Waals surface area contributed by atoms with Crippen molar-refractivity contribution in [3.63, 3.8) is 0 Å². The van der Waals surface area contributed by atoms with Gasteiger partial charge in [0.05, 0.1) is 26.2 Å². The Balaban J connectivity index is 1.78. The molecule has 0 bridgehead atoms. The second-order valence-electron chi connectivity index (χ2n) is 13.1. The second-order valence-corrected chi connectivity index (χ2v) is 13.1. The van der Waals surface area contributed by atoms with Crippen LogP contribution < -0.4 is 16.0 Å². The number of carbonyl (C=O) groups excluding carboxylic acids is 3. The molecule has 0 aromatic rings. The van der Waals surface area contributed by atoms with Crippen LogP contribution in [0.1, 0.15) is 51.9 Å². The van der Waals surface area contributed by atoms with E-state index < -0.39 is 17.9 Å². The largest absolute Gasteiger partial charge is 0.480 e. The highest BCUT2D eigenvalue weighted by Gasteiger charge is 2.26. The minimum atomic E-state index is -1.02. The third kappa shape index (κ3) is 17.2. The van der Waals surface area contributed by atoms with E-state index in [1.54, 1.807) is 21.7 Å². The number of carboxylic acid groups (broad SMARTS) is 3. The molecule has 274 valence electrons. The van der Waals surface area contributed by atoms with Gasteiger partial charge in [0.2, 0.25) is 17.7 Å². The van der Waals surface area contributed by atoms with Gasteiger partial charge in [-0.15, -0.1) is 0 Å². The average Bonchev–Trinajstić information content (AvgIpc) is 3.03. The highest BCUT2D eigenvalue weighted by atomic mass is 16.4. The number of amides is 3. The van der Waals surface area contributed by atoms with Crippen molar-refractivity contribution in [3.8, 4) is 0 Å². The van der Waals surface area contributed by atoms with E-state index in [1.165, 1.54) is 0 Å². The van der Waals surface area contributed by atoms with Crippen molar-refractivity contribution in [2.75, 3.05) is 98.7 Å². The van der Waals surface area contributed by atoms with Gasteiger partial charge in [0.1, 0.15) is 0 Å². The SMILES string of the molecule is CNC(=O)C1CCC(CNC(=O)[C@@H](C)CCCCNC(=O)CN2CCN(CC(=O)O)CCN(CC(=O)O)CCN(CC(=O)O)CC2)CC1. The Hall–Kier alpha value is -3.34. The Kier molecular flexibility index (Phi) is 19.0. The van der Waals surface area contributed by atoms with E-state index in [4.69, 9.17) is 0 Å². The molecule has 2 rings (SSSR count). The number of carbonyl (C=O) groups is 6. The fourth-order valence-electron chi connectivity index (χ4n) is 6.23. The van der Waals surface area contributed by atoms with E-state index in [1.807, 2.05) is 11.8 Å². The predicted octanol–water partition coefficient (Wildman–Crippen LogP) is -0.947. The highest BCUT2D eigenvalue weighted by Crippen LogP contribution is 2.28. The monoisotopic (exact) mass is 683 g/mol. The van der Waals surface area contributed by atoms with Crippen LogP contribution in [-0.4, -0.2) is 169 Å². The molecule has 0 aromatic carbocycles. The molecular formula is C32H57N7O9. The van der Waals surface area contributed by atoms with Crippen LogP contribution in [0.15, 0.2) is 0 Å². The number of unbranched alkanes of at least 4 members (excludes halogenated alkanes) is 1. The number of rotatable bonds is 17. The van der Waals surface area contributed by atoms with Gasteiger partial charge in [0.15, 0.2) is 0 Å². The van der Waals surface area contributed by atoms with Crippen LogP contribution in [0.2, 0.25) is 0 Å². The Bertz CT molecular complexity index is 1020. The molecule has 1 saturated heterocycles. The molecule has 16 heteroatoms. The van der Waals surface area contributed by atoms with Crippen LogP contribution in [0.25, 0.3) is 0 Å². The van der Waals surface area contributed by atoms with E-state index in [-0.39, 0.29) is 55.7 Å². The molecule has 48 heavy (non-hydrogen) atoms. The third-order valence-electron chi connectivity index (χ3n) is 9.24. The second kappa shape index (κ2) is 22.3. The topological polar surface area (TPSA) is 212 Å². The van der Waals surface area contributed by atoms with E-state index in [2.05, 4.69) is 16.0 Å². The van der Waals surface area contributed by atoms with Crippen LogP contribution in [0.3, 0.4) is 0 Å². The third-order valence-corrected chi connectivity index (χ3v) is 9.24. The van der Waals surface area contributed by atoms with Gasteiger partial charge in [-0.25, -0.2) is 0 Å². The summed E-state index contributed by atoms with van der Waals surface area (Å²) in [5.41, 5.74) is 0. The van der Waals surface area contributed by atoms with Crippen LogP contribution in [-0.2, 0) is 28.8 Å². The summed E-state index contributed by atoms with van der Waals surface area (Å²) in [5.74, 6) is -2.78. The summed E-state index contributed by atoms with van der Waals surface area (Å²) in [4.78, 5) is 78.6. The molecule has 1 saturated carbocycles. The molecule has 1 aliphatic heterocycles. The van der Waals surface area contributed by atoms with Gasteiger partial charge in [0.25, 0.3) is 0 Å². The normalized spacial score (nSPS) is 21.6. The van der Waals surface area contributed by atoms with Crippen molar-refractivity contribution < 1.29 is 44.1 Å². The molecule has 0 unspecified atom stereocenters. The molecule has 0 radical (unpaired) electrons. The van der Waals surface area contributed by atoms with Crippen molar-refractivity contribution in [3.05, 3.63) is 0 Å². The first-order valence-electron chi connectivity index (χ1n) is 17.2. The zero-order valence-electron chi connectivity index (χ0n) is 28.7. The number of nitrogens with zero attached hydrogens (tertiary/aromatic N) is 4. The Morgan fingerprint density at radius 3 is 1.50 bits per heavy atom. The summed E-state index contributed by atoms with van der Waals surface area (Å²) < 4.78 is 0. The van der Waals surface area contributed by atoms with Gasteiger partial charge in [0, 0.05) is 84.3 Å². The fraction of sp³-hybridized carbons (Fsp3) is 0.812. The Morgan fingerprint density at radius 1 is 0.646 bits per heavy atom. The maximum absolute atomic E-state index is 12.8. The Morgan fingerprint density at radius 2 is 1.08 bits per heavy atom. The standard InChI is InChI=1S/C32H57N7O9/c1-24(31(47)35-19-25-6-8-26(9-7-25)32(48)33-2)5-3-4-10-34-27(40)20-36-11-13-37(21-28(41)42)15-17-39(23-30(45)46)18-16-38(14-12-36)22-29(43)44/h24-26H,3-23H2,1-2H3,(H,33,48)(H,34,40)(H,35,47)(H,41,42)(H,43,44)(H,45,46)/t24-,25?,26?/m0/s1. The zero-order chi connectivity index (χ0) is 35.5. The quantitative estimate of drug-likeness (QED) is 0.102. The summed E-state index contributed by atoms with van der Waals surface area (Å²) >= 11 is 0. The van der Waals surface area contributed by atoms with Crippen LogP contribution in [0.4, 0.5) is 0 Å². The summed E-state index contributed by atoms with van der Waals surface area (Å²) in [6.45, 7) is 5.06. The molecule has 2 aliphatic rings. The van der Waals surface area contributed by atoms with Crippen molar-refractivity contribution in [1.82, 2.24) is 35.6 Å². The fourth-order valence-corrected chi connectivity index (χ4v) is 6.23. The summed E-state index contributed by atoms with van der Waals surface area (Å²) in [6, 6.07) is 0. The molecule has 6 N–H and O–H groups in total. The zero-order valence-corrected chi connectivity index (χ0v) is 28.7. The van der Waals surface area contributed by atoms with E-state index in [0.717, 1.165) is 32.1 Å². The lowest BCUT2D eigenvalue weighted by Gasteiger charge is -2.32. The highest BCUT2D eigenvalue weighted by molar-refractivity contribution is 5.79. The number of aliphatic carboxylic acids is 3. The van der Waals surface area contributed by atoms with Crippen LogP contribution in [0, 0.1) is 17.8 Å². The minimum Gasteiger partial charge on any atom is -0.480 e. The number of carboxylic acids is 3. The van der Waals surface area contributed by atoms with E-state index in [9.17, 15) is 44.1 Å². The lowest BCUT2D eigenvalue weighted by atomic mass is 9.81. The number of hydrogen-bond donors (Lipinski definition) is 6. The molecular weight excluding hydrogens is 626 g/mol. The minimum absolute atomic E-state index is 0.0197. The van der Waals surface area contributed by atoms with Crippen LogP contribution >= 0.6 is 0 Å².